The van der Waals surface area contributed by atoms with E-state index in [2.05, 4.69) is 22.6 Å². The van der Waals surface area contributed by atoms with Crippen LogP contribution in [0, 0.1) is 0 Å². The molecule has 4 aromatic rings. The van der Waals surface area contributed by atoms with Crippen LogP contribution in [0.1, 0.15) is 47.2 Å². The Morgan fingerprint density at radius 2 is 1.72 bits per heavy atom. The molecule has 0 aliphatic carbocycles. The standard InChI is InChI=1S/C30H30N2O4/c33-20-22-4-8-23(9-5-22)29-28(30(36-32-29)24-10-12-26(34)13-11-24)19-21-6-14-27(15-7-21)35-18-16-25-3-1-2-17-31-25/h4-15,20,25,31,34H,1-3,16-19H2/t25-/m0/s1. The molecule has 0 unspecified atom stereocenters. The molecule has 0 radical (unpaired) electrons. The number of rotatable bonds is 9. The maximum absolute atomic E-state index is 11.1. The number of nitrogens with one attached hydrogen (secondary N) is 1. The Hall–Kier alpha value is -3.90. The largest absolute Gasteiger partial charge is 0.508 e. The number of phenols is 1. The fourth-order valence-electron chi connectivity index (χ4n) is 4.66. The van der Waals surface area contributed by atoms with E-state index in [1.165, 1.54) is 19.3 Å². The smallest absolute Gasteiger partial charge is 0.171 e. The van der Waals surface area contributed by atoms with E-state index >= 15 is 0 Å². The second kappa shape index (κ2) is 11.2. The zero-order valence-corrected chi connectivity index (χ0v) is 20.2. The second-order valence-electron chi connectivity index (χ2n) is 9.23. The molecule has 184 valence electrons. The number of aldehydes is 1. The van der Waals surface area contributed by atoms with E-state index in [4.69, 9.17) is 9.26 Å². The molecule has 2 heterocycles. The van der Waals surface area contributed by atoms with Gasteiger partial charge in [-0.05, 0) is 67.8 Å². The number of nitrogens with zero attached hydrogens (tertiary/aromatic N) is 1. The van der Waals surface area contributed by atoms with E-state index in [-0.39, 0.29) is 5.75 Å². The molecule has 1 saturated heterocycles. The summed E-state index contributed by atoms with van der Waals surface area (Å²) in [4.78, 5) is 11.1. The summed E-state index contributed by atoms with van der Waals surface area (Å²) in [6.07, 6.45) is 6.24. The maximum atomic E-state index is 11.1. The number of aromatic hydroxyl groups is 1. The van der Waals surface area contributed by atoms with Gasteiger partial charge in [0.2, 0.25) is 0 Å². The van der Waals surface area contributed by atoms with Crippen LogP contribution < -0.4 is 10.1 Å². The predicted octanol–water partition coefficient (Wildman–Crippen LogP) is 6.03. The van der Waals surface area contributed by atoms with Gasteiger partial charge in [0.25, 0.3) is 0 Å². The van der Waals surface area contributed by atoms with Crippen LogP contribution in [0.5, 0.6) is 11.5 Å². The number of hydrogen-bond donors (Lipinski definition) is 2. The van der Waals surface area contributed by atoms with Gasteiger partial charge in [0.15, 0.2) is 5.76 Å². The Morgan fingerprint density at radius 3 is 2.42 bits per heavy atom. The van der Waals surface area contributed by atoms with Crippen LogP contribution in [0.4, 0.5) is 0 Å². The molecule has 0 spiro atoms. The van der Waals surface area contributed by atoms with Gasteiger partial charge in [0, 0.05) is 34.7 Å². The van der Waals surface area contributed by atoms with E-state index in [9.17, 15) is 9.90 Å². The monoisotopic (exact) mass is 482 g/mol. The average molecular weight is 483 g/mol. The second-order valence-corrected chi connectivity index (χ2v) is 9.23. The summed E-state index contributed by atoms with van der Waals surface area (Å²) in [5.74, 6) is 1.72. The molecule has 1 aliphatic rings. The van der Waals surface area contributed by atoms with Gasteiger partial charge in [-0.1, -0.05) is 48.0 Å². The number of phenolic OH excluding ortho intramolecular Hbond substituents is 1. The van der Waals surface area contributed by atoms with Gasteiger partial charge in [0.1, 0.15) is 23.5 Å². The third kappa shape index (κ3) is 5.66. The maximum Gasteiger partial charge on any atom is 0.171 e. The Morgan fingerprint density at radius 1 is 0.972 bits per heavy atom. The molecule has 1 aliphatic heterocycles. The lowest BCUT2D eigenvalue weighted by Crippen LogP contribution is -2.35. The first-order valence-electron chi connectivity index (χ1n) is 12.5. The predicted molar refractivity (Wildman–Crippen MR) is 139 cm³/mol. The zero-order chi connectivity index (χ0) is 24.7. The van der Waals surface area contributed by atoms with Crippen LogP contribution >= 0.6 is 0 Å². The number of ether oxygens (including phenoxy) is 1. The highest BCUT2D eigenvalue weighted by molar-refractivity contribution is 5.78. The highest BCUT2D eigenvalue weighted by atomic mass is 16.5. The number of carbonyl (C=O) groups is 1. The fraction of sp³-hybridized carbons (Fsp3) is 0.267. The minimum absolute atomic E-state index is 0.194. The highest BCUT2D eigenvalue weighted by Gasteiger charge is 2.20. The van der Waals surface area contributed by atoms with Gasteiger partial charge < -0.3 is 19.7 Å². The molecule has 1 fully saturated rings. The normalized spacial score (nSPS) is 15.5. The van der Waals surface area contributed by atoms with Crippen LogP contribution in [0.3, 0.4) is 0 Å². The first-order chi connectivity index (χ1) is 17.7. The van der Waals surface area contributed by atoms with Crippen molar-refractivity contribution in [3.05, 3.63) is 89.5 Å². The van der Waals surface area contributed by atoms with Crippen molar-refractivity contribution in [2.24, 2.45) is 0 Å². The molecule has 0 amide bonds. The van der Waals surface area contributed by atoms with Gasteiger partial charge in [-0.2, -0.15) is 0 Å². The van der Waals surface area contributed by atoms with Crippen molar-refractivity contribution in [3.63, 3.8) is 0 Å². The summed E-state index contributed by atoms with van der Waals surface area (Å²) in [6.45, 7) is 1.81. The van der Waals surface area contributed by atoms with E-state index in [1.54, 1.807) is 24.3 Å². The lowest BCUT2D eigenvalue weighted by Gasteiger charge is -2.23. The van der Waals surface area contributed by atoms with Crippen molar-refractivity contribution in [2.75, 3.05) is 13.2 Å². The Bertz CT molecular complexity index is 1270. The van der Waals surface area contributed by atoms with E-state index < -0.39 is 0 Å². The highest BCUT2D eigenvalue weighted by Crippen LogP contribution is 2.35. The summed E-state index contributed by atoms with van der Waals surface area (Å²) in [7, 11) is 0. The van der Waals surface area contributed by atoms with Crippen molar-refractivity contribution in [2.45, 2.75) is 38.1 Å². The van der Waals surface area contributed by atoms with E-state index in [0.717, 1.165) is 52.9 Å². The topological polar surface area (TPSA) is 84.6 Å². The number of carbonyl (C=O) groups excluding carboxylic acids is 1. The molecule has 1 atom stereocenters. The molecule has 5 rings (SSSR count). The van der Waals surface area contributed by atoms with Crippen LogP contribution in [0.25, 0.3) is 22.6 Å². The van der Waals surface area contributed by atoms with Crippen LogP contribution in [0.15, 0.2) is 77.3 Å². The SMILES string of the molecule is O=Cc1ccc(-c2noc(-c3ccc(O)cc3)c2Cc2ccc(OCC[C@@H]3CCCCN3)cc2)cc1. The summed E-state index contributed by atoms with van der Waals surface area (Å²) >= 11 is 0. The lowest BCUT2D eigenvalue weighted by molar-refractivity contribution is 0.112. The Kier molecular flexibility index (Phi) is 7.43. The quantitative estimate of drug-likeness (QED) is 0.284. The number of aromatic nitrogens is 1. The molecule has 0 saturated carbocycles. The minimum atomic E-state index is 0.194. The summed E-state index contributed by atoms with van der Waals surface area (Å²) in [5, 5.41) is 17.7. The molecule has 6 heteroatoms. The van der Waals surface area contributed by atoms with Crippen molar-refractivity contribution in [1.29, 1.82) is 0 Å². The first-order valence-corrected chi connectivity index (χ1v) is 12.5. The number of benzene rings is 3. The van der Waals surface area contributed by atoms with Gasteiger partial charge in [-0.15, -0.1) is 0 Å². The summed E-state index contributed by atoms with van der Waals surface area (Å²) < 4.78 is 11.8. The molecular weight excluding hydrogens is 452 g/mol. The Labute approximate surface area is 210 Å². The minimum Gasteiger partial charge on any atom is -0.508 e. The fourth-order valence-corrected chi connectivity index (χ4v) is 4.66. The zero-order valence-electron chi connectivity index (χ0n) is 20.2. The van der Waals surface area contributed by atoms with Crippen LogP contribution in [-0.2, 0) is 6.42 Å². The summed E-state index contributed by atoms with van der Waals surface area (Å²) in [6, 6.07) is 22.9. The van der Waals surface area contributed by atoms with Gasteiger partial charge >= 0.3 is 0 Å². The third-order valence-corrected chi connectivity index (χ3v) is 6.69. The molecule has 3 aromatic carbocycles. The number of hydrogen-bond acceptors (Lipinski definition) is 6. The molecule has 6 nitrogen and oxygen atoms in total. The van der Waals surface area contributed by atoms with Crippen molar-refractivity contribution in [3.8, 4) is 34.1 Å². The molecule has 1 aromatic heterocycles. The van der Waals surface area contributed by atoms with Gasteiger partial charge in [-0.25, -0.2) is 0 Å². The van der Waals surface area contributed by atoms with Gasteiger partial charge in [-0.3, -0.25) is 4.79 Å². The molecule has 36 heavy (non-hydrogen) atoms. The van der Waals surface area contributed by atoms with Crippen molar-refractivity contribution in [1.82, 2.24) is 10.5 Å². The molecular formula is C30H30N2O4. The van der Waals surface area contributed by atoms with Crippen LogP contribution in [0.2, 0.25) is 0 Å². The first kappa shape index (κ1) is 23.8. The van der Waals surface area contributed by atoms with E-state index in [1.807, 2.05) is 36.4 Å². The Balaban J connectivity index is 1.35. The number of piperidine rings is 1. The molecule has 2 N–H and O–H groups in total. The van der Waals surface area contributed by atoms with Crippen molar-refractivity contribution >= 4 is 6.29 Å². The van der Waals surface area contributed by atoms with Crippen molar-refractivity contribution < 1.29 is 19.2 Å². The van der Waals surface area contributed by atoms with Gasteiger partial charge in [0.05, 0.1) is 6.61 Å². The van der Waals surface area contributed by atoms with Crippen LogP contribution in [-0.4, -0.2) is 35.7 Å². The third-order valence-electron chi connectivity index (χ3n) is 6.69. The molecule has 0 bridgehead atoms. The summed E-state index contributed by atoms with van der Waals surface area (Å²) in [5.41, 5.74) is 5.10. The lowest BCUT2D eigenvalue weighted by atomic mass is 9.96. The van der Waals surface area contributed by atoms with E-state index in [0.29, 0.717) is 30.4 Å². The average Bonchev–Trinajstić information content (AvgIpc) is 3.34.